The summed E-state index contributed by atoms with van der Waals surface area (Å²) in [6.45, 7) is 0.364. The van der Waals surface area contributed by atoms with Gasteiger partial charge in [-0.15, -0.1) is 11.3 Å². The summed E-state index contributed by atoms with van der Waals surface area (Å²) >= 11 is 1.34. The number of carbonyl (C=O) groups excluding carboxylic acids is 3. The maximum absolute atomic E-state index is 12.1. The Morgan fingerprint density at radius 1 is 1.04 bits per heavy atom. The van der Waals surface area contributed by atoms with Crippen molar-refractivity contribution in [1.29, 1.82) is 0 Å². The van der Waals surface area contributed by atoms with Crippen LogP contribution in [0.2, 0.25) is 0 Å². The summed E-state index contributed by atoms with van der Waals surface area (Å²) in [6, 6.07) is 9.78. The maximum Gasteiger partial charge on any atom is 0.286 e. The number of hydrogen-bond donors (Lipinski definition) is 3. The van der Waals surface area contributed by atoms with Crippen molar-refractivity contribution < 1.29 is 18.8 Å². The summed E-state index contributed by atoms with van der Waals surface area (Å²) in [5, 5.41) is 10.4. The molecular weight excluding hydrogens is 380 g/mol. The summed E-state index contributed by atoms with van der Waals surface area (Å²) < 4.78 is 4.99. The number of thiazole rings is 1. The molecule has 9 heteroatoms. The van der Waals surface area contributed by atoms with E-state index in [0.717, 1.165) is 0 Å². The van der Waals surface area contributed by atoms with Crippen LogP contribution in [0.4, 0.5) is 10.8 Å². The largest absolute Gasteiger partial charge is 0.459 e. The maximum atomic E-state index is 12.1. The van der Waals surface area contributed by atoms with Gasteiger partial charge >= 0.3 is 0 Å². The van der Waals surface area contributed by atoms with Crippen LogP contribution in [0.1, 0.15) is 33.8 Å². The van der Waals surface area contributed by atoms with Crippen LogP contribution in [0.3, 0.4) is 0 Å². The van der Waals surface area contributed by atoms with Crippen molar-refractivity contribution in [2.24, 2.45) is 0 Å². The van der Waals surface area contributed by atoms with Crippen molar-refractivity contribution in [3.63, 3.8) is 0 Å². The van der Waals surface area contributed by atoms with E-state index in [9.17, 15) is 14.4 Å². The Morgan fingerprint density at radius 3 is 2.54 bits per heavy atom. The molecule has 0 saturated heterocycles. The fraction of sp³-hybridized carbons (Fsp3) is 0.158. The van der Waals surface area contributed by atoms with Gasteiger partial charge in [0.25, 0.3) is 11.8 Å². The second-order valence-electron chi connectivity index (χ2n) is 5.75. The third-order valence-electron chi connectivity index (χ3n) is 3.69. The molecular formula is C19H18N4O4S. The normalized spacial score (nSPS) is 10.3. The summed E-state index contributed by atoms with van der Waals surface area (Å²) in [4.78, 5) is 39.8. The van der Waals surface area contributed by atoms with E-state index in [2.05, 4.69) is 20.9 Å². The van der Waals surface area contributed by atoms with Crippen molar-refractivity contribution in [2.75, 3.05) is 17.2 Å². The lowest BCUT2D eigenvalue weighted by atomic mass is 10.2. The smallest absolute Gasteiger partial charge is 0.286 e. The van der Waals surface area contributed by atoms with Gasteiger partial charge in [-0.25, -0.2) is 4.98 Å². The summed E-state index contributed by atoms with van der Waals surface area (Å²) in [5.41, 5.74) is 1.06. The molecule has 2 heterocycles. The number of aromatic nitrogens is 1. The standard InChI is InChI=1S/C19H18N4O4S/c24-16(4-1-9-20-18(26)15-3-2-11-27-15)22-14-7-5-13(6-8-14)17(25)23-19-21-10-12-28-19/h2-3,5-8,10-12H,1,4,9H2,(H,20,26)(H,22,24)(H,21,23,25). The predicted molar refractivity (Wildman–Crippen MR) is 105 cm³/mol. The number of furan rings is 1. The molecule has 3 N–H and O–H groups in total. The molecule has 144 valence electrons. The SMILES string of the molecule is O=C(CCCNC(=O)c1ccco1)Nc1ccc(C(=O)Nc2nccs2)cc1. The van der Waals surface area contributed by atoms with E-state index in [4.69, 9.17) is 4.42 Å². The number of carbonyl (C=O) groups is 3. The van der Waals surface area contributed by atoms with E-state index >= 15 is 0 Å². The van der Waals surface area contributed by atoms with Gasteiger partial charge in [-0.05, 0) is 42.8 Å². The number of benzene rings is 1. The monoisotopic (exact) mass is 398 g/mol. The zero-order chi connectivity index (χ0) is 19.8. The van der Waals surface area contributed by atoms with Gasteiger partial charge in [-0.1, -0.05) is 0 Å². The summed E-state index contributed by atoms with van der Waals surface area (Å²) in [6.07, 6.45) is 3.79. The van der Waals surface area contributed by atoms with Crippen molar-refractivity contribution >= 4 is 39.9 Å². The minimum Gasteiger partial charge on any atom is -0.459 e. The van der Waals surface area contributed by atoms with Gasteiger partial charge in [0.05, 0.1) is 6.26 Å². The predicted octanol–water partition coefficient (Wildman–Crippen LogP) is 3.14. The minimum absolute atomic E-state index is 0.174. The van der Waals surface area contributed by atoms with E-state index in [1.807, 2.05) is 0 Å². The van der Waals surface area contributed by atoms with Crippen LogP contribution >= 0.6 is 11.3 Å². The topological polar surface area (TPSA) is 113 Å². The molecule has 0 aliphatic carbocycles. The molecule has 3 aromatic rings. The Labute approximate surface area is 165 Å². The van der Waals surface area contributed by atoms with E-state index in [1.165, 1.54) is 17.6 Å². The highest BCUT2D eigenvalue weighted by atomic mass is 32.1. The van der Waals surface area contributed by atoms with Gasteiger partial charge in [-0.3, -0.25) is 19.7 Å². The molecule has 1 aromatic carbocycles. The number of nitrogens with one attached hydrogen (secondary N) is 3. The van der Waals surface area contributed by atoms with Gasteiger partial charge in [-0.2, -0.15) is 0 Å². The third kappa shape index (κ3) is 5.52. The molecule has 0 aliphatic rings. The van der Waals surface area contributed by atoms with Gasteiger partial charge in [0.1, 0.15) is 0 Å². The molecule has 0 bridgehead atoms. The molecule has 0 radical (unpaired) electrons. The van der Waals surface area contributed by atoms with Crippen LogP contribution in [0.5, 0.6) is 0 Å². The molecule has 3 amide bonds. The number of anilines is 2. The number of hydrogen-bond acceptors (Lipinski definition) is 6. The number of rotatable bonds is 8. The first-order valence-electron chi connectivity index (χ1n) is 8.54. The van der Waals surface area contributed by atoms with Gasteiger partial charge < -0.3 is 15.1 Å². The molecule has 2 aromatic heterocycles. The van der Waals surface area contributed by atoms with E-state index in [0.29, 0.717) is 29.3 Å². The van der Waals surface area contributed by atoms with Crippen LogP contribution in [-0.2, 0) is 4.79 Å². The second kappa shape index (κ2) is 9.47. The lowest BCUT2D eigenvalue weighted by Crippen LogP contribution is -2.25. The Hall–Kier alpha value is -3.46. The first-order valence-corrected chi connectivity index (χ1v) is 9.42. The average molecular weight is 398 g/mol. The van der Waals surface area contributed by atoms with Gasteiger partial charge in [0.15, 0.2) is 10.9 Å². The quantitative estimate of drug-likeness (QED) is 0.505. The second-order valence-corrected chi connectivity index (χ2v) is 6.65. The summed E-state index contributed by atoms with van der Waals surface area (Å²) in [7, 11) is 0. The lowest BCUT2D eigenvalue weighted by molar-refractivity contribution is -0.116. The third-order valence-corrected chi connectivity index (χ3v) is 4.38. The molecule has 0 atom stereocenters. The van der Waals surface area contributed by atoms with E-state index in [1.54, 1.807) is 48.0 Å². The zero-order valence-electron chi connectivity index (χ0n) is 14.8. The first kappa shape index (κ1) is 19.3. The van der Waals surface area contributed by atoms with Gasteiger partial charge in [0, 0.05) is 35.8 Å². The van der Waals surface area contributed by atoms with Crippen LogP contribution in [-0.4, -0.2) is 29.3 Å². The highest BCUT2D eigenvalue weighted by Crippen LogP contribution is 2.14. The molecule has 0 saturated carbocycles. The zero-order valence-corrected chi connectivity index (χ0v) is 15.6. The molecule has 8 nitrogen and oxygen atoms in total. The van der Waals surface area contributed by atoms with Crippen LogP contribution in [0.25, 0.3) is 0 Å². The molecule has 0 unspecified atom stereocenters. The average Bonchev–Trinajstić information content (AvgIpc) is 3.39. The van der Waals surface area contributed by atoms with Crippen LogP contribution in [0, 0.1) is 0 Å². The fourth-order valence-corrected chi connectivity index (χ4v) is 2.85. The highest BCUT2D eigenvalue weighted by Gasteiger charge is 2.10. The van der Waals surface area contributed by atoms with Crippen LogP contribution in [0.15, 0.2) is 58.7 Å². The van der Waals surface area contributed by atoms with Crippen molar-refractivity contribution in [3.05, 3.63) is 65.6 Å². The Balaban J connectivity index is 1.39. The highest BCUT2D eigenvalue weighted by molar-refractivity contribution is 7.13. The minimum atomic E-state index is -0.308. The molecule has 3 rings (SSSR count). The van der Waals surface area contributed by atoms with E-state index < -0.39 is 0 Å². The first-order chi connectivity index (χ1) is 13.6. The Morgan fingerprint density at radius 2 is 1.86 bits per heavy atom. The van der Waals surface area contributed by atoms with Crippen LogP contribution < -0.4 is 16.0 Å². The Kier molecular flexibility index (Phi) is 6.53. The van der Waals surface area contributed by atoms with Crippen molar-refractivity contribution in [1.82, 2.24) is 10.3 Å². The lowest BCUT2D eigenvalue weighted by Gasteiger charge is -2.07. The fourth-order valence-electron chi connectivity index (χ4n) is 2.33. The molecule has 0 spiro atoms. The number of nitrogens with zero attached hydrogens (tertiary/aromatic N) is 1. The van der Waals surface area contributed by atoms with E-state index in [-0.39, 0.29) is 29.9 Å². The number of amides is 3. The van der Waals surface area contributed by atoms with Crippen molar-refractivity contribution in [2.45, 2.75) is 12.8 Å². The van der Waals surface area contributed by atoms with Gasteiger partial charge in [0.2, 0.25) is 5.91 Å². The summed E-state index contributed by atoms with van der Waals surface area (Å²) in [5.74, 6) is -0.507. The van der Waals surface area contributed by atoms with Crippen molar-refractivity contribution in [3.8, 4) is 0 Å². The molecule has 0 aliphatic heterocycles. The Bertz CT molecular complexity index is 922. The molecule has 28 heavy (non-hydrogen) atoms. The molecule has 0 fully saturated rings.